The number of rotatable bonds is 3. The second-order valence-electron chi connectivity index (χ2n) is 5.29. The molecule has 0 saturated heterocycles. The van der Waals surface area contributed by atoms with Crippen molar-refractivity contribution in [3.05, 3.63) is 27.4 Å². The maximum atomic E-state index is 11.7. The minimum atomic E-state index is -0.124. The number of aryl methyl sites for hydroxylation is 1. The topological polar surface area (TPSA) is 66.0 Å². The summed E-state index contributed by atoms with van der Waals surface area (Å²) in [6.45, 7) is 8.09. The third kappa shape index (κ3) is 3.45. The van der Waals surface area contributed by atoms with Crippen LogP contribution in [0.5, 0.6) is 0 Å². The van der Waals surface area contributed by atoms with Crippen LogP contribution in [-0.4, -0.2) is 21.7 Å². The van der Waals surface area contributed by atoms with Gasteiger partial charge in [0.1, 0.15) is 5.82 Å². The molecule has 0 spiro atoms. The zero-order valence-electron chi connectivity index (χ0n) is 10.4. The van der Waals surface area contributed by atoms with Gasteiger partial charge in [-0.05, 0) is 12.3 Å². The lowest BCUT2D eigenvalue weighted by Crippen LogP contribution is -2.22. The first kappa shape index (κ1) is 12.9. The minimum Gasteiger partial charge on any atom is -0.396 e. The molecular formula is C12H20N2O2. The zero-order chi connectivity index (χ0) is 12.3. The Morgan fingerprint density at radius 2 is 2.00 bits per heavy atom. The molecule has 4 nitrogen and oxygen atoms in total. The van der Waals surface area contributed by atoms with Gasteiger partial charge in [-0.2, -0.15) is 0 Å². The standard InChI is InChI=1S/C12H20N2O2/c1-8-9(5-6-15)11(16)14-10(13-8)7-12(2,3)4/h15H,5-7H2,1-4H3,(H,13,14,16). The van der Waals surface area contributed by atoms with Crippen molar-refractivity contribution in [3.8, 4) is 0 Å². The Hall–Kier alpha value is -1.16. The maximum absolute atomic E-state index is 11.7. The van der Waals surface area contributed by atoms with Crippen molar-refractivity contribution < 1.29 is 5.11 Å². The van der Waals surface area contributed by atoms with Gasteiger partial charge in [-0.3, -0.25) is 4.79 Å². The van der Waals surface area contributed by atoms with Gasteiger partial charge in [0.15, 0.2) is 0 Å². The van der Waals surface area contributed by atoms with E-state index < -0.39 is 0 Å². The molecule has 0 saturated carbocycles. The van der Waals surface area contributed by atoms with E-state index in [9.17, 15) is 4.79 Å². The molecule has 0 amide bonds. The quantitative estimate of drug-likeness (QED) is 0.810. The third-order valence-corrected chi connectivity index (χ3v) is 2.33. The highest BCUT2D eigenvalue weighted by Gasteiger charge is 2.15. The van der Waals surface area contributed by atoms with E-state index in [0.717, 1.165) is 17.9 Å². The normalized spacial score (nSPS) is 11.8. The van der Waals surface area contributed by atoms with Gasteiger partial charge in [0.2, 0.25) is 0 Å². The number of hydrogen-bond donors (Lipinski definition) is 2. The van der Waals surface area contributed by atoms with Gasteiger partial charge in [-0.25, -0.2) is 4.98 Å². The maximum Gasteiger partial charge on any atom is 0.254 e. The van der Waals surface area contributed by atoms with Crippen molar-refractivity contribution in [3.63, 3.8) is 0 Å². The summed E-state index contributed by atoms with van der Waals surface area (Å²) in [5.41, 5.74) is 1.28. The molecule has 0 unspecified atom stereocenters. The number of H-pyrrole nitrogens is 1. The van der Waals surface area contributed by atoms with Crippen LogP contribution < -0.4 is 5.56 Å². The first-order valence-corrected chi connectivity index (χ1v) is 5.53. The van der Waals surface area contributed by atoms with Crippen LogP contribution in [0.25, 0.3) is 0 Å². The largest absolute Gasteiger partial charge is 0.396 e. The summed E-state index contributed by atoms with van der Waals surface area (Å²) >= 11 is 0. The molecule has 0 aliphatic carbocycles. The van der Waals surface area contributed by atoms with Gasteiger partial charge in [-0.1, -0.05) is 20.8 Å². The molecule has 0 fully saturated rings. The SMILES string of the molecule is Cc1nc(CC(C)(C)C)[nH]c(=O)c1CCO. The second-order valence-corrected chi connectivity index (χ2v) is 5.29. The summed E-state index contributed by atoms with van der Waals surface area (Å²) < 4.78 is 0. The fraction of sp³-hybridized carbons (Fsp3) is 0.667. The number of nitrogens with one attached hydrogen (secondary N) is 1. The molecule has 16 heavy (non-hydrogen) atoms. The van der Waals surface area contributed by atoms with Crippen molar-refractivity contribution in [2.24, 2.45) is 5.41 Å². The lowest BCUT2D eigenvalue weighted by molar-refractivity contribution is 0.298. The first-order chi connectivity index (χ1) is 7.33. The summed E-state index contributed by atoms with van der Waals surface area (Å²) in [5, 5.41) is 8.84. The fourth-order valence-corrected chi connectivity index (χ4v) is 1.66. The highest BCUT2D eigenvalue weighted by molar-refractivity contribution is 5.17. The number of aromatic nitrogens is 2. The van der Waals surface area contributed by atoms with Crippen LogP contribution in [0.2, 0.25) is 0 Å². The van der Waals surface area contributed by atoms with E-state index >= 15 is 0 Å². The van der Waals surface area contributed by atoms with Gasteiger partial charge in [0.25, 0.3) is 5.56 Å². The van der Waals surface area contributed by atoms with E-state index in [0.29, 0.717) is 12.0 Å². The third-order valence-electron chi connectivity index (χ3n) is 2.33. The van der Waals surface area contributed by atoms with Crippen molar-refractivity contribution in [1.29, 1.82) is 0 Å². The molecule has 1 heterocycles. The van der Waals surface area contributed by atoms with Crippen LogP contribution in [0.4, 0.5) is 0 Å². The Bertz CT molecular complexity index is 416. The Balaban J connectivity index is 3.05. The van der Waals surface area contributed by atoms with Gasteiger partial charge >= 0.3 is 0 Å². The minimum absolute atomic E-state index is 0.0236. The molecule has 0 bridgehead atoms. The van der Waals surface area contributed by atoms with Crippen LogP contribution in [0.3, 0.4) is 0 Å². The monoisotopic (exact) mass is 224 g/mol. The number of nitrogens with zero attached hydrogens (tertiary/aromatic N) is 1. The first-order valence-electron chi connectivity index (χ1n) is 5.53. The summed E-state index contributed by atoms with van der Waals surface area (Å²) in [6.07, 6.45) is 1.10. The smallest absolute Gasteiger partial charge is 0.254 e. The van der Waals surface area contributed by atoms with E-state index in [2.05, 4.69) is 30.7 Å². The summed E-state index contributed by atoms with van der Waals surface area (Å²) in [6, 6.07) is 0. The van der Waals surface area contributed by atoms with E-state index in [1.54, 1.807) is 0 Å². The summed E-state index contributed by atoms with van der Waals surface area (Å²) in [4.78, 5) is 18.9. The van der Waals surface area contributed by atoms with Crippen LogP contribution in [-0.2, 0) is 12.8 Å². The van der Waals surface area contributed by atoms with Gasteiger partial charge in [0, 0.05) is 30.7 Å². The molecule has 4 heteroatoms. The summed E-state index contributed by atoms with van der Waals surface area (Å²) in [5.74, 6) is 0.719. The number of aliphatic hydroxyl groups is 1. The van der Waals surface area contributed by atoms with Gasteiger partial charge in [-0.15, -0.1) is 0 Å². The lowest BCUT2D eigenvalue weighted by Gasteiger charge is -2.17. The van der Waals surface area contributed by atoms with Crippen LogP contribution in [0, 0.1) is 12.3 Å². The predicted molar refractivity (Wildman–Crippen MR) is 63.5 cm³/mol. The number of hydrogen-bond acceptors (Lipinski definition) is 3. The second kappa shape index (κ2) is 4.78. The Morgan fingerprint density at radius 3 is 2.44 bits per heavy atom. The fourth-order valence-electron chi connectivity index (χ4n) is 1.66. The average Bonchev–Trinajstić information content (AvgIpc) is 2.08. The molecule has 1 aromatic heterocycles. The highest BCUT2D eigenvalue weighted by Crippen LogP contribution is 2.17. The average molecular weight is 224 g/mol. The molecule has 0 aromatic carbocycles. The molecule has 90 valence electrons. The van der Waals surface area contributed by atoms with E-state index in [4.69, 9.17) is 5.11 Å². The predicted octanol–water partition coefficient (Wildman–Crippen LogP) is 1.20. The van der Waals surface area contributed by atoms with Crippen LogP contribution in [0.1, 0.15) is 37.9 Å². The zero-order valence-corrected chi connectivity index (χ0v) is 10.4. The van der Waals surface area contributed by atoms with E-state index in [1.807, 2.05) is 6.92 Å². The molecule has 0 aliphatic rings. The van der Waals surface area contributed by atoms with E-state index in [1.165, 1.54) is 0 Å². The van der Waals surface area contributed by atoms with Gasteiger partial charge in [0.05, 0.1) is 0 Å². The molecule has 1 aromatic rings. The van der Waals surface area contributed by atoms with Crippen LogP contribution in [0.15, 0.2) is 4.79 Å². The highest BCUT2D eigenvalue weighted by atomic mass is 16.3. The Labute approximate surface area is 95.7 Å². The van der Waals surface area contributed by atoms with Gasteiger partial charge < -0.3 is 10.1 Å². The van der Waals surface area contributed by atoms with E-state index in [-0.39, 0.29) is 17.6 Å². The molecular weight excluding hydrogens is 204 g/mol. The molecule has 1 rings (SSSR count). The van der Waals surface area contributed by atoms with Crippen LogP contribution >= 0.6 is 0 Å². The molecule has 0 radical (unpaired) electrons. The van der Waals surface area contributed by atoms with Crippen molar-refractivity contribution in [2.45, 2.75) is 40.5 Å². The molecule has 2 N–H and O–H groups in total. The van der Waals surface area contributed by atoms with Crippen molar-refractivity contribution >= 4 is 0 Å². The Kier molecular flexibility index (Phi) is 3.86. The number of aromatic amines is 1. The number of aliphatic hydroxyl groups excluding tert-OH is 1. The summed E-state index contributed by atoms with van der Waals surface area (Å²) in [7, 11) is 0. The molecule has 0 atom stereocenters. The Morgan fingerprint density at radius 1 is 1.38 bits per heavy atom. The lowest BCUT2D eigenvalue weighted by atomic mass is 9.92. The molecule has 0 aliphatic heterocycles. The van der Waals surface area contributed by atoms with Crippen molar-refractivity contribution in [1.82, 2.24) is 9.97 Å². The van der Waals surface area contributed by atoms with Crippen molar-refractivity contribution in [2.75, 3.05) is 6.61 Å².